The van der Waals surface area contributed by atoms with Crippen molar-refractivity contribution < 1.29 is 4.74 Å². The van der Waals surface area contributed by atoms with Gasteiger partial charge in [0.25, 0.3) is 0 Å². The van der Waals surface area contributed by atoms with Crippen molar-refractivity contribution >= 4 is 33.3 Å². The summed E-state index contributed by atoms with van der Waals surface area (Å²) in [6.07, 6.45) is 4.65. The number of fused-ring (bicyclic) bond motifs is 1. The maximum absolute atomic E-state index is 5.44. The number of aryl methyl sites for hydroxylation is 1. The Bertz CT molecular complexity index is 849. The molecule has 2 N–H and O–H groups in total. The Labute approximate surface area is 170 Å². The van der Waals surface area contributed by atoms with Gasteiger partial charge in [0.15, 0.2) is 0 Å². The highest BCUT2D eigenvalue weighted by atomic mass is 79.9. The average molecular weight is 430 g/mol. The number of nitrogens with one attached hydrogen (secondary N) is 2. The van der Waals surface area contributed by atoms with Crippen LogP contribution in [0.15, 0.2) is 22.7 Å². The molecule has 0 bridgehead atoms. The quantitative estimate of drug-likeness (QED) is 0.727. The first-order valence-corrected chi connectivity index (χ1v) is 10.6. The van der Waals surface area contributed by atoms with Gasteiger partial charge < -0.3 is 15.0 Å². The van der Waals surface area contributed by atoms with Crippen molar-refractivity contribution in [2.45, 2.75) is 26.7 Å². The van der Waals surface area contributed by atoms with E-state index < -0.39 is 0 Å². The molecule has 27 heavy (non-hydrogen) atoms. The first kappa shape index (κ1) is 18.8. The van der Waals surface area contributed by atoms with Gasteiger partial charge in [0, 0.05) is 46.7 Å². The number of H-pyrrole nitrogens is 1. The summed E-state index contributed by atoms with van der Waals surface area (Å²) in [7, 11) is 0. The van der Waals surface area contributed by atoms with Crippen LogP contribution in [-0.4, -0.2) is 49.3 Å². The van der Waals surface area contributed by atoms with E-state index in [2.05, 4.69) is 69.3 Å². The number of aromatic nitrogens is 1. The van der Waals surface area contributed by atoms with Crippen molar-refractivity contribution in [1.82, 2.24) is 9.88 Å². The van der Waals surface area contributed by atoms with Crippen molar-refractivity contribution in [3.05, 3.63) is 50.8 Å². The summed E-state index contributed by atoms with van der Waals surface area (Å²) in [4.78, 5) is 6.14. The topological polar surface area (TPSA) is 40.3 Å². The van der Waals surface area contributed by atoms with Crippen LogP contribution in [-0.2, 0) is 11.2 Å². The van der Waals surface area contributed by atoms with Crippen LogP contribution in [0.1, 0.15) is 34.5 Å². The Morgan fingerprint density at radius 2 is 2.04 bits per heavy atom. The number of aromatic amines is 1. The van der Waals surface area contributed by atoms with Crippen LogP contribution < -0.4 is 5.32 Å². The monoisotopic (exact) mass is 429 g/mol. The highest BCUT2D eigenvalue weighted by Crippen LogP contribution is 2.35. The molecule has 3 heterocycles. The molecule has 0 saturated carbocycles. The smallest absolute Gasteiger partial charge is 0.0594 e. The zero-order valence-corrected chi connectivity index (χ0v) is 17.8. The lowest BCUT2D eigenvalue weighted by molar-refractivity contribution is 0.0374. The van der Waals surface area contributed by atoms with E-state index in [1.54, 1.807) is 0 Å². The zero-order valence-electron chi connectivity index (χ0n) is 16.2. The molecule has 0 radical (unpaired) electrons. The maximum atomic E-state index is 5.44. The fourth-order valence-corrected chi connectivity index (χ4v) is 4.52. The van der Waals surface area contributed by atoms with Crippen LogP contribution in [0.3, 0.4) is 0 Å². The fourth-order valence-electron chi connectivity index (χ4n) is 4.16. The van der Waals surface area contributed by atoms with Crippen molar-refractivity contribution in [2.75, 3.05) is 44.7 Å². The summed E-state index contributed by atoms with van der Waals surface area (Å²) < 4.78 is 6.56. The first-order chi connectivity index (χ1) is 13.1. The first-order valence-electron chi connectivity index (χ1n) is 9.84. The van der Waals surface area contributed by atoms with Gasteiger partial charge >= 0.3 is 0 Å². The highest BCUT2D eigenvalue weighted by Gasteiger charge is 2.18. The molecule has 0 spiro atoms. The molecule has 0 atom stereocenters. The van der Waals surface area contributed by atoms with Gasteiger partial charge in [0.1, 0.15) is 0 Å². The van der Waals surface area contributed by atoms with E-state index in [0.717, 1.165) is 50.3 Å². The lowest BCUT2D eigenvalue weighted by Gasteiger charge is -2.26. The van der Waals surface area contributed by atoms with E-state index in [4.69, 9.17) is 4.74 Å². The second-order valence-electron chi connectivity index (χ2n) is 7.54. The number of morpholine rings is 1. The molecule has 0 amide bonds. The van der Waals surface area contributed by atoms with Crippen molar-refractivity contribution in [1.29, 1.82) is 0 Å². The number of hydrogen-bond donors (Lipinski definition) is 2. The molecule has 0 unspecified atom stereocenters. The summed E-state index contributed by atoms with van der Waals surface area (Å²) in [5.74, 6) is 0. The summed E-state index contributed by atoms with van der Waals surface area (Å²) in [6, 6.07) is 6.44. The molecule has 0 aliphatic carbocycles. The largest absolute Gasteiger partial charge is 0.380 e. The molecule has 5 heteroatoms. The molecule has 4 nitrogen and oxygen atoms in total. The van der Waals surface area contributed by atoms with E-state index in [1.807, 2.05) is 0 Å². The number of nitrogens with zero attached hydrogens (tertiary/aromatic N) is 1. The summed E-state index contributed by atoms with van der Waals surface area (Å²) >= 11 is 3.59. The van der Waals surface area contributed by atoms with Gasteiger partial charge in [0.05, 0.1) is 13.2 Å². The molecule has 1 aromatic heterocycles. The van der Waals surface area contributed by atoms with E-state index >= 15 is 0 Å². The molecule has 4 rings (SSSR count). The Balaban J connectivity index is 1.47. The van der Waals surface area contributed by atoms with Crippen LogP contribution in [0.5, 0.6) is 0 Å². The minimum Gasteiger partial charge on any atom is -0.380 e. The zero-order chi connectivity index (χ0) is 18.8. The molecule has 2 aromatic rings. The number of rotatable bonds is 5. The van der Waals surface area contributed by atoms with Crippen LogP contribution in [0.25, 0.3) is 11.6 Å². The predicted octanol–water partition coefficient (Wildman–Crippen LogP) is 4.62. The average Bonchev–Trinajstić information content (AvgIpc) is 3.18. The molecule has 1 aromatic carbocycles. The third-order valence-electron chi connectivity index (χ3n) is 5.75. The van der Waals surface area contributed by atoms with Gasteiger partial charge in [-0.15, -0.1) is 0 Å². The molecule has 144 valence electrons. The summed E-state index contributed by atoms with van der Waals surface area (Å²) in [5, 5.41) is 3.49. The molecule has 2 aliphatic heterocycles. The Hall–Kier alpha value is -1.56. The van der Waals surface area contributed by atoms with Gasteiger partial charge in [-0.1, -0.05) is 15.9 Å². The van der Waals surface area contributed by atoms with E-state index in [-0.39, 0.29) is 0 Å². The second-order valence-corrected chi connectivity index (χ2v) is 8.45. The van der Waals surface area contributed by atoms with Gasteiger partial charge in [-0.25, -0.2) is 0 Å². The Morgan fingerprint density at radius 3 is 2.85 bits per heavy atom. The van der Waals surface area contributed by atoms with Gasteiger partial charge in [-0.2, -0.15) is 0 Å². The van der Waals surface area contributed by atoms with Crippen molar-refractivity contribution in [2.24, 2.45) is 0 Å². The highest BCUT2D eigenvalue weighted by molar-refractivity contribution is 9.10. The third-order valence-corrected chi connectivity index (χ3v) is 6.25. The van der Waals surface area contributed by atoms with E-state index in [1.165, 1.54) is 45.8 Å². The lowest BCUT2D eigenvalue weighted by Crippen LogP contribution is -2.36. The summed E-state index contributed by atoms with van der Waals surface area (Å²) in [5.41, 5.74) is 9.29. The standard InChI is InChI=1S/C22H28BrN3O/c1-15-19(4-3-7-26-8-10-27-11-9-26)16(2)25-22(15)12-17-14-24-21-6-5-18(23)13-20(17)21/h5-6,12-13,24-25H,3-4,7-11,14H2,1-2H3/b17-12+. The normalized spacial score (nSPS) is 18.7. The number of anilines is 1. The fraction of sp³-hybridized carbons (Fsp3) is 0.455. The SMILES string of the molecule is Cc1[nH]c(/C=C2\CNc3ccc(Br)cc32)c(C)c1CCCN1CCOCC1. The van der Waals surface area contributed by atoms with Gasteiger partial charge in [-0.3, -0.25) is 4.90 Å². The van der Waals surface area contributed by atoms with Crippen LogP contribution in [0.2, 0.25) is 0 Å². The van der Waals surface area contributed by atoms with Gasteiger partial charge in [-0.05, 0) is 74.2 Å². The molecule has 1 fully saturated rings. The Morgan fingerprint density at radius 1 is 1.22 bits per heavy atom. The predicted molar refractivity (Wildman–Crippen MR) is 116 cm³/mol. The maximum Gasteiger partial charge on any atom is 0.0594 e. The molecular formula is C22H28BrN3O. The number of ether oxygens (including phenoxy) is 1. The van der Waals surface area contributed by atoms with Crippen LogP contribution in [0.4, 0.5) is 5.69 Å². The van der Waals surface area contributed by atoms with E-state index in [9.17, 15) is 0 Å². The molecular weight excluding hydrogens is 402 g/mol. The van der Waals surface area contributed by atoms with Crippen molar-refractivity contribution in [3.8, 4) is 0 Å². The Kier molecular flexibility index (Phi) is 5.71. The molecule has 2 aliphatic rings. The number of benzene rings is 1. The summed E-state index contributed by atoms with van der Waals surface area (Å²) in [6.45, 7) is 10.4. The number of hydrogen-bond acceptors (Lipinski definition) is 3. The minimum absolute atomic E-state index is 0.881. The third kappa shape index (κ3) is 4.15. The van der Waals surface area contributed by atoms with Crippen molar-refractivity contribution in [3.63, 3.8) is 0 Å². The van der Waals surface area contributed by atoms with Gasteiger partial charge in [0.2, 0.25) is 0 Å². The minimum atomic E-state index is 0.881. The van der Waals surface area contributed by atoms with E-state index in [0.29, 0.717) is 0 Å². The number of halogens is 1. The second kappa shape index (κ2) is 8.21. The van der Waals surface area contributed by atoms with Crippen LogP contribution >= 0.6 is 15.9 Å². The lowest BCUT2D eigenvalue weighted by atomic mass is 10.0. The molecule has 1 saturated heterocycles. The van der Waals surface area contributed by atoms with Crippen LogP contribution in [0, 0.1) is 13.8 Å².